The van der Waals surface area contributed by atoms with Crippen LogP contribution < -0.4 is 0 Å². The molecule has 1 aromatic carbocycles. The van der Waals surface area contributed by atoms with Gasteiger partial charge in [-0.25, -0.2) is 9.67 Å². The fourth-order valence-electron chi connectivity index (χ4n) is 2.23. The Morgan fingerprint density at radius 3 is 2.60 bits per heavy atom. The van der Waals surface area contributed by atoms with Crippen LogP contribution in [0.15, 0.2) is 42.1 Å². The van der Waals surface area contributed by atoms with Crippen LogP contribution in [-0.4, -0.2) is 25.7 Å². The number of oxime groups is 1. The highest BCUT2D eigenvalue weighted by Crippen LogP contribution is 2.19. The number of hydrogen-bond donors (Lipinski definition) is 1. The summed E-state index contributed by atoms with van der Waals surface area (Å²) < 4.78 is 1.67. The molecule has 1 N–H and O–H groups in total. The highest BCUT2D eigenvalue weighted by molar-refractivity contribution is 6.30. The molecule has 0 saturated heterocycles. The maximum atomic E-state index is 9.29. The molecule has 2 rings (SSSR count). The summed E-state index contributed by atoms with van der Waals surface area (Å²) in [6, 6.07) is 7.55. The Hall–Kier alpha value is -1.88. The molecule has 1 aromatic heterocycles. The number of nitrogens with zero attached hydrogens (tertiary/aromatic N) is 4. The zero-order valence-electron chi connectivity index (χ0n) is 11.4. The molecule has 6 heteroatoms. The third-order valence-electron chi connectivity index (χ3n) is 3.34. The molecule has 1 heterocycles. The predicted molar refractivity (Wildman–Crippen MR) is 78.3 cm³/mol. The van der Waals surface area contributed by atoms with Crippen molar-refractivity contribution in [1.29, 1.82) is 0 Å². The molecule has 0 bridgehead atoms. The van der Waals surface area contributed by atoms with Crippen molar-refractivity contribution in [3.8, 4) is 0 Å². The molecule has 20 heavy (non-hydrogen) atoms. The highest BCUT2D eigenvalue weighted by atomic mass is 35.5. The molecule has 2 aromatic rings. The van der Waals surface area contributed by atoms with E-state index in [0.717, 1.165) is 12.0 Å². The molecular weight excluding hydrogens is 276 g/mol. The Bertz CT molecular complexity index is 565. The number of rotatable bonds is 5. The normalized spacial score (nSPS) is 15.1. The van der Waals surface area contributed by atoms with E-state index >= 15 is 0 Å². The maximum Gasteiger partial charge on any atom is 0.137 e. The first-order chi connectivity index (χ1) is 9.61. The molecule has 106 valence electrons. The second kappa shape index (κ2) is 6.52. The van der Waals surface area contributed by atoms with Crippen molar-refractivity contribution in [1.82, 2.24) is 14.8 Å². The van der Waals surface area contributed by atoms with E-state index < -0.39 is 0 Å². The fourth-order valence-corrected chi connectivity index (χ4v) is 2.35. The van der Waals surface area contributed by atoms with Gasteiger partial charge in [0.05, 0.1) is 11.8 Å². The monoisotopic (exact) mass is 292 g/mol. The fraction of sp³-hybridized carbons (Fsp3) is 0.357. The molecular formula is C14H17ClN4O. The van der Waals surface area contributed by atoms with Crippen LogP contribution >= 0.6 is 11.6 Å². The summed E-state index contributed by atoms with van der Waals surface area (Å²) >= 11 is 5.87. The average molecular weight is 293 g/mol. The molecule has 0 radical (unpaired) electrons. The zero-order chi connectivity index (χ0) is 14.5. The molecule has 2 unspecified atom stereocenters. The smallest absolute Gasteiger partial charge is 0.137 e. The van der Waals surface area contributed by atoms with Gasteiger partial charge < -0.3 is 5.21 Å². The summed E-state index contributed by atoms with van der Waals surface area (Å²) in [6.07, 6.45) is 3.86. The SMILES string of the molecule is CC(Cc1ccc(Cl)cc1)/C(=N/O)C(C)n1cncn1. The first-order valence-electron chi connectivity index (χ1n) is 6.42. The van der Waals surface area contributed by atoms with Crippen LogP contribution in [0.25, 0.3) is 0 Å². The van der Waals surface area contributed by atoms with E-state index in [0.29, 0.717) is 10.7 Å². The van der Waals surface area contributed by atoms with Gasteiger partial charge in [0.1, 0.15) is 12.7 Å². The lowest BCUT2D eigenvalue weighted by atomic mass is 9.93. The van der Waals surface area contributed by atoms with E-state index in [1.807, 2.05) is 38.1 Å². The minimum atomic E-state index is -0.134. The number of benzene rings is 1. The van der Waals surface area contributed by atoms with Gasteiger partial charge in [-0.1, -0.05) is 35.8 Å². The molecule has 0 saturated carbocycles. The highest BCUT2D eigenvalue weighted by Gasteiger charge is 2.21. The van der Waals surface area contributed by atoms with Crippen LogP contribution in [0.2, 0.25) is 5.02 Å². The Morgan fingerprint density at radius 1 is 1.35 bits per heavy atom. The van der Waals surface area contributed by atoms with Crippen molar-refractivity contribution in [3.05, 3.63) is 47.5 Å². The van der Waals surface area contributed by atoms with Gasteiger partial charge in [0.25, 0.3) is 0 Å². The maximum absolute atomic E-state index is 9.29. The lowest BCUT2D eigenvalue weighted by Gasteiger charge is -2.19. The summed E-state index contributed by atoms with van der Waals surface area (Å²) in [5.41, 5.74) is 1.82. The summed E-state index contributed by atoms with van der Waals surface area (Å²) in [6.45, 7) is 3.96. The van der Waals surface area contributed by atoms with Gasteiger partial charge in [0.15, 0.2) is 0 Å². The molecule has 5 nitrogen and oxygen atoms in total. The Morgan fingerprint density at radius 2 is 2.05 bits per heavy atom. The summed E-state index contributed by atoms with van der Waals surface area (Å²) in [5.74, 6) is 0.0837. The van der Waals surface area contributed by atoms with E-state index in [9.17, 15) is 5.21 Å². The number of aromatic nitrogens is 3. The van der Waals surface area contributed by atoms with Gasteiger partial charge >= 0.3 is 0 Å². The number of halogens is 1. The Labute approximate surface area is 122 Å². The minimum absolute atomic E-state index is 0.0837. The van der Waals surface area contributed by atoms with Crippen molar-refractivity contribution in [3.63, 3.8) is 0 Å². The second-order valence-corrected chi connectivity index (χ2v) is 5.24. The van der Waals surface area contributed by atoms with E-state index in [2.05, 4.69) is 15.2 Å². The van der Waals surface area contributed by atoms with Crippen LogP contribution in [0.4, 0.5) is 0 Å². The Kier molecular flexibility index (Phi) is 4.74. The van der Waals surface area contributed by atoms with E-state index in [4.69, 9.17) is 11.6 Å². The summed E-state index contributed by atoms with van der Waals surface area (Å²) in [7, 11) is 0. The van der Waals surface area contributed by atoms with Crippen LogP contribution in [0, 0.1) is 5.92 Å². The Balaban J connectivity index is 2.10. The first-order valence-corrected chi connectivity index (χ1v) is 6.80. The molecule has 0 amide bonds. The van der Waals surface area contributed by atoms with Crippen molar-refractivity contribution in [2.45, 2.75) is 26.3 Å². The largest absolute Gasteiger partial charge is 0.411 e. The van der Waals surface area contributed by atoms with Crippen LogP contribution in [0.3, 0.4) is 0 Å². The average Bonchev–Trinajstić information content (AvgIpc) is 2.96. The second-order valence-electron chi connectivity index (χ2n) is 4.81. The van der Waals surface area contributed by atoms with Gasteiger partial charge in [-0.3, -0.25) is 0 Å². The zero-order valence-corrected chi connectivity index (χ0v) is 12.2. The van der Waals surface area contributed by atoms with Gasteiger partial charge in [-0.2, -0.15) is 5.10 Å². The standard InChI is InChI=1S/C14H17ClN4O/c1-10(7-12-3-5-13(15)6-4-12)14(18-20)11(2)19-9-16-8-17-19/h3-6,8-11,20H,7H2,1-2H3/b18-14-. The van der Waals surface area contributed by atoms with Gasteiger partial charge in [0.2, 0.25) is 0 Å². The number of hydrogen-bond acceptors (Lipinski definition) is 4. The van der Waals surface area contributed by atoms with Crippen LogP contribution in [0.5, 0.6) is 0 Å². The minimum Gasteiger partial charge on any atom is -0.411 e. The first kappa shape index (κ1) is 14.5. The van der Waals surface area contributed by atoms with Crippen LogP contribution in [0.1, 0.15) is 25.5 Å². The van der Waals surface area contributed by atoms with Crippen molar-refractivity contribution >= 4 is 17.3 Å². The van der Waals surface area contributed by atoms with Crippen molar-refractivity contribution in [2.75, 3.05) is 0 Å². The summed E-state index contributed by atoms with van der Waals surface area (Å²) in [4.78, 5) is 3.91. The quantitative estimate of drug-likeness (QED) is 0.523. The molecule has 0 aliphatic rings. The molecule has 0 aliphatic carbocycles. The lowest BCUT2D eigenvalue weighted by molar-refractivity contribution is 0.309. The third-order valence-corrected chi connectivity index (χ3v) is 3.59. The summed E-state index contributed by atoms with van der Waals surface area (Å²) in [5, 5.41) is 17.6. The van der Waals surface area contributed by atoms with Crippen molar-refractivity contribution in [2.24, 2.45) is 11.1 Å². The van der Waals surface area contributed by atoms with E-state index in [1.54, 1.807) is 11.0 Å². The van der Waals surface area contributed by atoms with Crippen LogP contribution in [-0.2, 0) is 6.42 Å². The molecule has 0 aliphatic heterocycles. The van der Waals surface area contributed by atoms with Gasteiger partial charge in [0, 0.05) is 10.9 Å². The molecule has 0 spiro atoms. The van der Waals surface area contributed by atoms with E-state index in [1.165, 1.54) is 6.33 Å². The van der Waals surface area contributed by atoms with Gasteiger partial charge in [-0.05, 0) is 31.0 Å². The van der Waals surface area contributed by atoms with Gasteiger partial charge in [-0.15, -0.1) is 0 Å². The van der Waals surface area contributed by atoms with Crippen molar-refractivity contribution < 1.29 is 5.21 Å². The lowest BCUT2D eigenvalue weighted by Crippen LogP contribution is -2.25. The predicted octanol–water partition coefficient (Wildman–Crippen LogP) is 3.20. The third kappa shape index (κ3) is 3.36. The molecule has 2 atom stereocenters. The van der Waals surface area contributed by atoms with E-state index in [-0.39, 0.29) is 12.0 Å². The topological polar surface area (TPSA) is 63.3 Å². The molecule has 0 fully saturated rings.